The highest BCUT2D eigenvalue weighted by Gasteiger charge is 2.14. The molecule has 0 fully saturated rings. The molecular formula is C13H16N2S2. The minimum atomic E-state index is 0.881. The van der Waals surface area contributed by atoms with Crippen LogP contribution in [0.3, 0.4) is 0 Å². The maximum atomic E-state index is 5.85. The van der Waals surface area contributed by atoms with E-state index in [0.717, 1.165) is 18.8 Å². The number of aryl methyl sites for hydroxylation is 2. The molecule has 2 aromatic heterocycles. The van der Waals surface area contributed by atoms with E-state index in [4.69, 9.17) is 5.73 Å². The first-order chi connectivity index (χ1) is 8.33. The van der Waals surface area contributed by atoms with Crippen molar-refractivity contribution < 1.29 is 0 Å². The zero-order valence-electron chi connectivity index (χ0n) is 9.66. The average molecular weight is 264 g/mol. The van der Waals surface area contributed by atoms with Crippen LogP contribution in [-0.4, -0.2) is 0 Å². The standard InChI is InChI=1S/C13H16N2S2/c14-11-4-5-16-13(11)8-15-7-10-6-9-2-1-3-12(9)17-10/h4-6,15H,1-3,7-8,14H2. The second kappa shape index (κ2) is 4.80. The first kappa shape index (κ1) is 11.3. The fourth-order valence-electron chi connectivity index (χ4n) is 2.27. The topological polar surface area (TPSA) is 38.0 Å². The van der Waals surface area contributed by atoms with Crippen molar-refractivity contribution in [2.45, 2.75) is 32.4 Å². The third-order valence-corrected chi connectivity index (χ3v) is 5.34. The van der Waals surface area contributed by atoms with E-state index in [-0.39, 0.29) is 0 Å². The second-order valence-electron chi connectivity index (χ2n) is 4.42. The van der Waals surface area contributed by atoms with Crippen molar-refractivity contribution in [1.29, 1.82) is 0 Å². The fourth-order valence-corrected chi connectivity index (χ4v) is 4.27. The van der Waals surface area contributed by atoms with Crippen molar-refractivity contribution in [3.8, 4) is 0 Å². The largest absolute Gasteiger partial charge is 0.398 e. The van der Waals surface area contributed by atoms with E-state index in [0.29, 0.717) is 0 Å². The van der Waals surface area contributed by atoms with Crippen LogP contribution in [0.4, 0.5) is 5.69 Å². The maximum absolute atomic E-state index is 5.85. The molecule has 0 unspecified atom stereocenters. The van der Waals surface area contributed by atoms with E-state index in [9.17, 15) is 0 Å². The monoisotopic (exact) mass is 264 g/mol. The molecule has 0 amide bonds. The summed E-state index contributed by atoms with van der Waals surface area (Å²) >= 11 is 3.70. The Hall–Kier alpha value is -0.840. The molecule has 0 atom stereocenters. The molecule has 90 valence electrons. The fraction of sp³-hybridized carbons (Fsp3) is 0.385. The highest BCUT2D eigenvalue weighted by atomic mass is 32.1. The first-order valence-electron chi connectivity index (χ1n) is 5.96. The van der Waals surface area contributed by atoms with Gasteiger partial charge in [-0.1, -0.05) is 0 Å². The van der Waals surface area contributed by atoms with Crippen molar-refractivity contribution in [3.05, 3.63) is 37.7 Å². The Morgan fingerprint density at radius 3 is 3.00 bits per heavy atom. The molecule has 3 rings (SSSR count). The van der Waals surface area contributed by atoms with Crippen LogP contribution in [-0.2, 0) is 25.9 Å². The van der Waals surface area contributed by atoms with Crippen LogP contribution in [0, 0.1) is 0 Å². The van der Waals surface area contributed by atoms with Crippen LogP contribution < -0.4 is 11.1 Å². The van der Waals surface area contributed by atoms with Crippen LogP contribution >= 0.6 is 22.7 Å². The van der Waals surface area contributed by atoms with Crippen molar-refractivity contribution >= 4 is 28.4 Å². The minimum Gasteiger partial charge on any atom is -0.398 e. The summed E-state index contributed by atoms with van der Waals surface area (Å²) in [6, 6.07) is 4.35. The van der Waals surface area contributed by atoms with Gasteiger partial charge in [-0.05, 0) is 42.3 Å². The third kappa shape index (κ3) is 2.39. The zero-order valence-corrected chi connectivity index (χ0v) is 11.3. The summed E-state index contributed by atoms with van der Waals surface area (Å²) in [6.07, 6.45) is 3.92. The number of nitrogens with two attached hydrogens (primary N) is 1. The van der Waals surface area contributed by atoms with E-state index in [1.807, 2.05) is 22.8 Å². The Morgan fingerprint density at radius 1 is 1.29 bits per heavy atom. The lowest BCUT2D eigenvalue weighted by molar-refractivity contribution is 0.709. The minimum absolute atomic E-state index is 0.881. The highest BCUT2D eigenvalue weighted by molar-refractivity contribution is 7.12. The predicted molar refractivity (Wildman–Crippen MR) is 75.6 cm³/mol. The lowest BCUT2D eigenvalue weighted by Gasteiger charge is -2.02. The number of rotatable bonds is 4. The Labute approximate surface area is 109 Å². The van der Waals surface area contributed by atoms with Gasteiger partial charge in [-0.3, -0.25) is 0 Å². The molecule has 1 aliphatic carbocycles. The molecule has 0 bridgehead atoms. The molecule has 0 saturated heterocycles. The van der Waals surface area contributed by atoms with Crippen molar-refractivity contribution in [3.63, 3.8) is 0 Å². The molecule has 0 spiro atoms. The predicted octanol–water partition coefficient (Wildman–Crippen LogP) is 3.17. The lowest BCUT2D eigenvalue weighted by Crippen LogP contribution is -2.11. The summed E-state index contributed by atoms with van der Waals surface area (Å²) in [7, 11) is 0. The normalized spacial score (nSPS) is 14.1. The number of hydrogen-bond donors (Lipinski definition) is 2. The average Bonchev–Trinajstić information content (AvgIpc) is 2.95. The van der Waals surface area contributed by atoms with Gasteiger partial charge in [0.2, 0.25) is 0 Å². The number of fused-ring (bicyclic) bond motifs is 1. The van der Waals surface area contributed by atoms with Gasteiger partial charge in [0.05, 0.1) is 0 Å². The number of hydrogen-bond acceptors (Lipinski definition) is 4. The Morgan fingerprint density at radius 2 is 2.24 bits per heavy atom. The summed E-state index contributed by atoms with van der Waals surface area (Å²) < 4.78 is 0. The molecule has 1 aliphatic rings. The van der Waals surface area contributed by atoms with E-state index in [1.54, 1.807) is 21.8 Å². The maximum Gasteiger partial charge on any atom is 0.0468 e. The van der Waals surface area contributed by atoms with Crippen LogP contribution in [0.1, 0.15) is 26.6 Å². The van der Waals surface area contributed by atoms with Gasteiger partial charge >= 0.3 is 0 Å². The molecular weight excluding hydrogens is 248 g/mol. The highest BCUT2D eigenvalue weighted by Crippen LogP contribution is 2.30. The number of nitrogens with one attached hydrogen (secondary N) is 1. The quantitative estimate of drug-likeness (QED) is 0.890. The molecule has 3 N–H and O–H groups in total. The van der Waals surface area contributed by atoms with E-state index >= 15 is 0 Å². The van der Waals surface area contributed by atoms with Gasteiger partial charge in [0, 0.05) is 33.4 Å². The second-order valence-corrected chi connectivity index (χ2v) is 6.64. The summed E-state index contributed by atoms with van der Waals surface area (Å²) in [5, 5.41) is 5.52. The summed E-state index contributed by atoms with van der Waals surface area (Å²) in [6.45, 7) is 1.85. The first-order valence-corrected chi connectivity index (χ1v) is 7.65. The van der Waals surface area contributed by atoms with Crippen LogP contribution in [0.25, 0.3) is 0 Å². The molecule has 0 aromatic carbocycles. The molecule has 2 nitrogen and oxygen atoms in total. The molecule has 4 heteroatoms. The smallest absolute Gasteiger partial charge is 0.0468 e. The van der Waals surface area contributed by atoms with Gasteiger partial charge in [0.15, 0.2) is 0 Å². The van der Waals surface area contributed by atoms with Gasteiger partial charge in [-0.15, -0.1) is 22.7 Å². The van der Waals surface area contributed by atoms with Gasteiger partial charge in [-0.25, -0.2) is 0 Å². The lowest BCUT2D eigenvalue weighted by atomic mass is 10.2. The van der Waals surface area contributed by atoms with E-state index in [1.165, 1.54) is 29.0 Å². The van der Waals surface area contributed by atoms with Gasteiger partial charge in [0.1, 0.15) is 0 Å². The summed E-state index contributed by atoms with van der Waals surface area (Å²) in [5.41, 5.74) is 8.35. The van der Waals surface area contributed by atoms with Crippen molar-refractivity contribution in [2.75, 3.05) is 5.73 Å². The van der Waals surface area contributed by atoms with E-state index in [2.05, 4.69) is 11.4 Å². The zero-order chi connectivity index (χ0) is 11.7. The number of anilines is 1. The van der Waals surface area contributed by atoms with Crippen LogP contribution in [0.15, 0.2) is 17.5 Å². The Kier molecular flexibility index (Phi) is 3.18. The van der Waals surface area contributed by atoms with Gasteiger partial charge < -0.3 is 11.1 Å². The van der Waals surface area contributed by atoms with Gasteiger partial charge in [0.25, 0.3) is 0 Å². The van der Waals surface area contributed by atoms with Gasteiger partial charge in [-0.2, -0.15) is 0 Å². The van der Waals surface area contributed by atoms with Crippen LogP contribution in [0.2, 0.25) is 0 Å². The summed E-state index contributed by atoms with van der Waals surface area (Å²) in [4.78, 5) is 4.32. The van der Waals surface area contributed by atoms with E-state index < -0.39 is 0 Å². The molecule has 2 aromatic rings. The van der Waals surface area contributed by atoms with Crippen molar-refractivity contribution in [2.24, 2.45) is 0 Å². The molecule has 0 saturated carbocycles. The van der Waals surface area contributed by atoms with Crippen molar-refractivity contribution in [1.82, 2.24) is 5.32 Å². The third-order valence-electron chi connectivity index (χ3n) is 3.16. The molecule has 0 radical (unpaired) electrons. The number of nitrogen functional groups attached to an aromatic ring is 1. The Balaban J connectivity index is 1.56. The number of thiophene rings is 2. The Bertz CT molecular complexity index is 492. The molecule has 17 heavy (non-hydrogen) atoms. The summed E-state index contributed by atoms with van der Waals surface area (Å²) in [5.74, 6) is 0. The SMILES string of the molecule is Nc1ccsc1CNCc1cc2c(s1)CCC2. The molecule has 2 heterocycles. The van der Waals surface area contributed by atoms with Crippen LogP contribution in [0.5, 0.6) is 0 Å². The molecule has 0 aliphatic heterocycles.